The van der Waals surface area contributed by atoms with Crippen molar-refractivity contribution in [2.75, 3.05) is 13.7 Å². The van der Waals surface area contributed by atoms with Gasteiger partial charge < -0.3 is 30.4 Å². The van der Waals surface area contributed by atoms with Gasteiger partial charge in [0, 0.05) is 31.0 Å². The standard InChI is InChI=1S/C35H51N5O7/c1-6-23(4)31-35(45)39-19-13-12-17-29(39)34(44)36-26(15-8-7-9-18-30(41)47-22(2)3)32(42)37-27(33(43)38-31)20-24-21-40(46-5)28-16-11-10-14-25(24)28/h10-11,14,16,21-23,26-27,29,31H,6-9,12-13,15,17-20H2,1-5H3,(H,36,44)(H,37,42)(H,38,43)/t23-,26-,27-,29+,31-/m0/s1. The minimum atomic E-state index is -1.03. The highest BCUT2D eigenvalue weighted by atomic mass is 16.6. The average molecular weight is 654 g/mol. The minimum Gasteiger partial charge on any atom is -0.463 e. The molecule has 2 aromatic rings. The van der Waals surface area contributed by atoms with Crippen molar-refractivity contribution in [2.45, 2.75) is 122 Å². The molecule has 12 heteroatoms. The third-order valence-corrected chi connectivity index (χ3v) is 9.25. The van der Waals surface area contributed by atoms with Gasteiger partial charge in [0.1, 0.15) is 31.3 Å². The summed E-state index contributed by atoms with van der Waals surface area (Å²) in [5.74, 6) is -2.04. The highest BCUT2D eigenvalue weighted by Gasteiger charge is 2.41. The van der Waals surface area contributed by atoms with Crippen molar-refractivity contribution in [2.24, 2.45) is 5.92 Å². The van der Waals surface area contributed by atoms with E-state index in [1.54, 1.807) is 36.8 Å². The second kappa shape index (κ2) is 16.6. The normalized spacial score (nSPS) is 23.2. The summed E-state index contributed by atoms with van der Waals surface area (Å²) in [5.41, 5.74) is 1.60. The summed E-state index contributed by atoms with van der Waals surface area (Å²) in [7, 11) is 1.55. The van der Waals surface area contributed by atoms with Gasteiger partial charge in [-0.2, -0.15) is 4.73 Å². The minimum absolute atomic E-state index is 0.140. The van der Waals surface area contributed by atoms with Gasteiger partial charge in [-0.3, -0.25) is 24.0 Å². The van der Waals surface area contributed by atoms with Crippen LogP contribution in [-0.4, -0.2) is 83.2 Å². The van der Waals surface area contributed by atoms with Crippen LogP contribution >= 0.6 is 0 Å². The third-order valence-electron chi connectivity index (χ3n) is 9.25. The van der Waals surface area contributed by atoms with Crippen LogP contribution in [0.3, 0.4) is 0 Å². The summed E-state index contributed by atoms with van der Waals surface area (Å²) in [6.07, 6.45) is 6.79. The predicted octanol–water partition coefficient (Wildman–Crippen LogP) is 3.04. The quantitative estimate of drug-likeness (QED) is 0.236. The molecule has 2 saturated heterocycles. The second-order valence-corrected chi connectivity index (χ2v) is 13.1. The number of hydrogen-bond donors (Lipinski definition) is 3. The zero-order valence-corrected chi connectivity index (χ0v) is 28.4. The Morgan fingerprint density at radius 3 is 2.38 bits per heavy atom. The van der Waals surface area contributed by atoms with Crippen LogP contribution < -0.4 is 20.8 Å². The Morgan fingerprint density at radius 2 is 1.66 bits per heavy atom. The van der Waals surface area contributed by atoms with Crippen LogP contribution in [0.4, 0.5) is 0 Å². The molecule has 0 unspecified atom stereocenters. The number of aromatic nitrogens is 1. The third kappa shape index (κ3) is 9.04. The van der Waals surface area contributed by atoms with Crippen molar-refractivity contribution in [3.63, 3.8) is 0 Å². The maximum absolute atomic E-state index is 14.1. The second-order valence-electron chi connectivity index (χ2n) is 13.1. The molecular formula is C35H51N5O7. The molecule has 3 heterocycles. The molecule has 5 atom stereocenters. The van der Waals surface area contributed by atoms with E-state index < -0.39 is 36.0 Å². The molecule has 2 aliphatic rings. The Kier molecular flexibility index (Phi) is 12.7. The summed E-state index contributed by atoms with van der Waals surface area (Å²) in [6, 6.07) is 4.09. The zero-order chi connectivity index (χ0) is 34.1. The largest absolute Gasteiger partial charge is 0.463 e. The zero-order valence-electron chi connectivity index (χ0n) is 28.4. The molecule has 1 aromatic carbocycles. The molecule has 0 radical (unpaired) electrons. The van der Waals surface area contributed by atoms with Crippen molar-refractivity contribution < 1.29 is 33.5 Å². The van der Waals surface area contributed by atoms with Gasteiger partial charge in [0.15, 0.2) is 0 Å². The lowest BCUT2D eigenvalue weighted by Gasteiger charge is -2.39. The molecule has 47 heavy (non-hydrogen) atoms. The number of hydrogen-bond acceptors (Lipinski definition) is 7. The first-order valence-electron chi connectivity index (χ1n) is 17.1. The molecule has 0 aliphatic carbocycles. The fourth-order valence-corrected chi connectivity index (χ4v) is 6.47. The van der Waals surface area contributed by atoms with Crippen molar-refractivity contribution in [1.82, 2.24) is 25.6 Å². The summed E-state index contributed by atoms with van der Waals surface area (Å²) < 4.78 is 6.82. The van der Waals surface area contributed by atoms with Gasteiger partial charge >= 0.3 is 5.97 Å². The van der Waals surface area contributed by atoms with Gasteiger partial charge in [0.2, 0.25) is 23.6 Å². The number of nitrogens with one attached hydrogen (secondary N) is 3. The Labute approximate surface area is 277 Å². The number of carbonyl (C=O) groups excluding carboxylic acids is 5. The van der Waals surface area contributed by atoms with Crippen LogP contribution in [0.5, 0.6) is 0 Å². The summed E-state index contributed by atoms with van der Waals surface area (Å²) in [4.78, 5) is 74.9. The lowest BCUT2D eigenvalue weighted by atomic mass is 9.93. The number of esters is 1. The smallest absolute Gasteiger partial charge is 0.306 e. The Hall–Kier alpha value is -4.09. The van der Waals surface area contributed by atoms with Crippen LogP contribution in [0.2, 0.25) is 0 Å². The van der Waals surface area contributed by atoms with Crippen LogP contribution in [0.15, 0.2) is 30.5 Å². The molecule has 0 bridgehead atoms. The topological polar surface area (TPSA) is 148 Å². The van der Waals surface area contributed by atoms with Crippen LogP contribution in [-0.2, 0) is 35.1 Å². The van der Waals surface area contributed by atoms with Crippen molar-refractivity contribution in [3.05, 3.63) is 36.0 Å². The highest BCUT2D eigenvalue weighted by Crippen LogP contribution is 2.24. The van der Waals surface area contributed by atoms with E-state index >= 15 is 0 Å². The molecular weight excluding hydrogens is 602 g/mol. The van der Waals surface area contributed by atoms with E-state index in [9.17, 15) is 24.0 Å². The molecule has 3 N–H and O–H groups in total. The fraction of sp³-hybridized carbons (Fsp3) is 0.629. The van der Waals surface area contributed by atoms with E-state index in [2.05, 4.69) is 16.0 Å². The molecule has 258 valence electrons. The first kappa shape index (κ1) is 35.8. The SMILES string of the molecule is CC[C@H](C)[C@@H]1NC(=O)[C@H](Cc2cn(OC)c3ccccc23)NC(=O)[C@H](CCCCCC(=O)OC(C)C)NC(=O)[C@H]2CCCCN2C1=O. The van der Waals surface area contributed by atoms with Gasteiger partial charge in [0.05, 0.1) is 11.6 Å². The maximum atomic E-state index is 14.1. The number of nitrogens with zero attached hydrogens (tertiary/aromatic N) is 2. The van der Waals surface area contributed by atoms with E-state index in [1.165, 1.54) is 0 Å². The van der Waals surface area contributed by atoms with E-state index in [4.69, 9.17) is 9.57 Å². The number of para-hydroxylation sites is 1. The van der Waals surface area contributed by atoms with Gasteiger partial charge in [-0.15, -0.1) is 0 Å². The molecule has 1 aromatic heterocycles. The molecule has 12 nitrogen and oxygen atoms in total. The fourth-order valence-electron chi connectivity index (χ4n) is 6.47. The molecule has 0 saturated carbocycles. The van der Waals surface area contributed by atoms with Gasteiger partial charge in [-0.1, -0.05) is 51.3 Å². The number of unbranched alkanes of at least 4 members (excludes halogenated alkanes) is 2. The number of benzene rings is 1. The number of fused-ring (bicyclic) bond motifs is 2. The van der Waals surface area contributed by atoms with E-state index in [-0.39, 0.29) is 42.6 Å². The summed E-state index contributed by atoms with van der Waals surface area (Å²) in [6.45, 7) is 7.88. The lowest BCUT2D eigenvalue weighted by Crippen LogP contribution is -2.64. The number of amides is 4. The van der Waals surface area contributed by atoms with E-state index in [0.29, 0.717) is 45.1 Å². The van der Waals surface area contributed by atoms with Crippen molar-refractivity contribution >= 4 is 40.5 Å². The summed E-state index contributed by atoms with van der Waals surface area (Å²) in [5, 5.41) is 9.72. The highest BCUT2D eigenvalue weighted by molar-refractivity contribution is 5.98. The van der Waals surface area contributed by atoms with E-state index in [0.717, 1.165) is 29.3 Å². The Bertz CT molecular complexity index is 1420. The first-order valence-corrected chi connectivity index (χ1v) is 17.1. The summed E-state index contributed by atoms with van der Waals surface area (Å²) >= 11 is 0. The molecule has 2 aliphatic heterocycles. The van der Waals surface area contributed by atoms with Crippen LogP contribution in [0.1, 0.15) is 91.0 Å². The van der Waals surface area contributed by atoms with Gasteiger partial charge in [-0.05, 0) is 63.5 Å². The van der Waals surface area contributed by atoms with Crippen molar-refractivity contribution in [3.8, 4) is 0 Å². The van der Waals surface area contributed by atoms with Gasteiger partial charge in [-0.25, -0.2) is 0 Å². The van der Waals surface area contributed by atoms with E-state index in [1.807, 2.05) is 38.1 Å². The van der Waals surface area contributed by atoms with Crippen LogP contribution in [0.25, 0.3) is 10.9 Å². The average Bonchev–Trinajstić information content (AvgIpc) is 3.41. The predicted molar refractivity (Wildman–Crippen MR) is 177 cm³/mol. The number of carbonyl (C=O) groups is 5. The first-order chi connectivity index (χ1) is 22.5. The number of rotatable bonds is 12. The molecule has 4 amide bonds. The molecule has 4 rings (SSSR count). The Balaban J connectivity index is 1.63. The lowest BCUT2D eigenvalue weighted by molar-refractivity contribution is -0.148. The molecule has 2 fully saturated rings. The maximum Gasteiger partial charge on any atom is 0.306 e. The monoisotopic (exact) mass is 653 g/mol. The van der Waals surface area contributed by atoms with Gasteiger partial charge in [0.25, 0.3) is 0 Å². The number of ether oxygens (including phenoxy) is 1. The van der Waals surface area contributed by atoms with Crippen LogP contribution in [0, 0.1) is 5.92 Å². The number of piperidine rings is 1. The van der Waals surface area contributed by atoms with Crippen molar-refractivity contribution in [1.29, 1.82) is 0 Å². The Morgan fingerprint density at radius 1 is 0.936 bits per heavy atom. The molecule has 0 spiro atoms.